The summed E-state index contributed by atoms with van der Waals surface area (Å²) < 4.78 is 5.25. The van der Waals surface area contributed by atoms with Crippen LogP contribution in [0.3, 0.4) is 0 Å². The number of hydrogen-bond acceptors (Lipinski definition) is 5. The van der Waals surface area contributed by atoms with Gasteiger partial charge in [0.15, 0.2) is 6.61 Å². The van der Waals surface area contributed by atoms with E-state index in [0.29, 0.717) is 16.5 Å². The number of hydrogen-bond donors (Lipinski definition) is 2. The van der Waals surface area contributed by atoms with Gasteiger partial charge in [-0.3, -0.25) is 9.59 Å². The maximum atomic E-state index is 12.6. The van der Waals surface area contributed by atoms with Crippen molar-refractivity contribution in [2.75, 3.05) is 11.9 Å². The average molecular weight is 417 g/mol. The molecule has 0 saturated carbocycles. The number of ether oxygens (including phenoxy) is 1. The summed E-state index contributed by atoms with van der Waals surface area (Å²) in [5.74, 6) is -0.860. The van der Waals surface area contributed by atoms with Gasteiger partial charge in [-0.1, -0.05) is 44.2 Å². The summed E-state index contributed by atoms with van der Waals surface area (Å²) in [5, 5.41) is 6.06. The number of aryl methyl sites for hydroxylation is 1. The van der Waals surface area contributed by atoms with Crippen molar-refractivity contribution in [2.24, 2.45) is 5.92 Å². The van der Waals surface area contributed by atoms with E-state index in [1.807, 2.05) is 37.3 Å². The molecule has 2 rings (SSSR count). The van der Waals surface area contributed by atoms with Crippen LogP contribution in [-0.4, -0.2) is 24.4 Å². The molecule has 1 heterocycles. The number of esters is 1. The van der Waals surface area contributed by atoms with Crippen molar-refractivity contribution in [3.63, 3.8) is 0 Å². The zero-order chi connectivity index (χ0) is 21.6. The summed E-state index contributed by atoms with van der Waals surface area (Å²) in [4.78, 5) is 37.3. The van der Waals surface area contributed by atoms with E-state index in [1.165, 1.54) is 18.3 Å². The molecule has 6 nitrogen and oxygen atoms in total. The second-order valence-electron chi connectivity index (χ2n) is 7.41. The third-order valence-electron chi connectivity index (χ3n) is 4.46. The van der Waals surface area contributed by atoms with Crippen LogP contribution >= 0.6 is 11.3 Å². The smallest absolute Gasteiger partial charge is 0.341 e. The Hall–Kier alpha value is -2.67. The fourth-order valence-corrected chi connectivity index (χ4v) is 4.09. The number of benzene rings is 1. The number of nitrogens with one attached hydrogen (secondary N) is 2. The highest BCUT2D eigenvalue weighted by atomic mass is 32.1. The molecule has 0 bridgehead atoms. The van der Waals surface area contributed by atoms with Gasteiger partial charge in [-0.15, -0.1) is 11.3 Å². The molecule has 0 radical (unpaired) electrons. The Labute approximate surface area is 175 Å². The van der Waals surface area contributed by atoms with Crippen LogP contribution in [0.5, 0.6) is 0 Å². The SMILES string of the molecule is CC(=O)Nc1sc(C)c(C)c1C(=O)OCC(=O)N[C@@H](CC(C)C)c1ccccc1. The molecule has 7 heteroatoms. The standard InChI is InChI=1S/C22H28N2O4S/c1-13(2)11-18(17-9-7-6-8-10-17)24-19(26)12-28-22(27)20-14(3)15(4)29-21(20)23-16(5)25/h6-10,13,18H,11-12H2,1-5H3,(H,23,25)(H,24,26)/t18-/m0/s1. The molecule has 2 N–H and O–H groups in total. The second kappa shape index (κ2) is 10.2. The van der Waals surface area contributed by atoms with Gasteiger partial charge in [0.2, 0.25) is 5.91 Å². The summed E-state index contributed by atoms with van der Waals surface area (Å²) in [6, 6.07) is 9.58. The summed E-state index contributed by atoms with van der Waals surface area (Å²) in [5.41, 5.74) is 2.06. The molecule has 0 unspecified atom stereocenters. The molecule has 156 valence electrons. The largest absolute Gasteiger partial charge is 0.452 e. The van der Waals surface area contributed by atoms with Gasteiger partial charge in [0, 0.05) is 11.8 Å². The molecule has 2 aromatic rings. The van der Waals surface area contributed by atoms with E-state index in [2.05, 4.69) is 24.5 Å². The Morgan fingerprint density at radius 2 is 1.76 bits per heavy atom. The van der Waals surface area contributed by atoms with E-state index >= 15 is 0 Å². The molecule has 1 atom stereocenters. The van der Waals surface area contributed by atoms with Gasteiger partial charge in [-0.05, 0) is 37.3 Å². The number of carbonyl (C=O) groups excluding carboxylic acids is 3. The lowest BCUT2D eigenvalue weighted by atomic mass is 9.97. The molecule has 0 aliphatic rings. The minimum absolute atomic E-state index is 0.150. The molecule has 0 aliphatic heterocycles. The molecular formula is C22H28N2O4S. The topological polar surface area (TPSA) is 84.5 Å². The molecule has 1 aromatic carbocycles. The number of carbonyl (C=O) groups is 3. The fraction of sp³-hybridized carbons (Fsp3) is 0.409. The average Bonchev–Trinajstić information content (AvgIpc) is 2.92. The van der Waals surface area contributed by atoms with Gasteiger partial charge >= 0.3 is 5.97 Å². The van der Waals surface area contributed by atoms with Gasteiger partial charge in [-0.2, -0.15) is 0 Å². The van der Waals surface area contributed by atoms with E-state index < -0.39 is 5.97 Å². The van der Waals surface area contributed by atoms with Crippen LogP contribution in [0.2, 0.25) is 0 Å². The second-order valence-corrected chi connectivity index (χ2v) is 8.63. The first-order valence-electron chi connectivity index (χ1n) is 9.58. The molecule has 0 fully saturated rings. The van der Waals surface area contributed by atoms with Gasteiger partial charge < -0.3 is 15.4 Å². The molecule has 0 spiro atoms. The Bertz CT molecular complexity index is 874. The first kappa shape index (κ1) is 22.6. The van der Waals surface area contributed by atoms with Crippen LogP contribution in [0.1, 0.15) is 59.6 Å². The summed E-state index contributed by atoms with van der Waals surface area (Å²) in [6.07, 6.45) is 0.777. The highest BCUT2D eigenvalue weighted by Gasteiger charge is 2.23. The predicted octanol–water partition coefficient (Wildman–Crippen LogP) is 4.38. The van der Waals surface area contributed by atoms with Crippen LogP contribution in [0.15, 0.2) is 30.3 Å². The normalized spacial score (nSPS) is 11.8. The lowest BCUT2D eigenvalue weighted by molar-refractivity contribution is -0.125. The molecular weight excluding hydrogens is 388 g/mol. The Kier molecular flexibility index (Phi) is 7.96. The van der Waals surface area contributed by atoms with E-state index in [1.54, 1.807) is 6.92 Å². The Balaban J connectivity index is 2.04. The van der Waals surface area contributed by atoms with Crippen molar-refractivity contribution >= 4 is 34.1 Å². The highest BCUT2D eigenvalue weighted by molar-refractivity contribution is 7.16. The first-order chi connectivity index (χ1) is 13.7. The number of amides is 2. The van der Waals surface area contributed by atoms with Gasteiger partial charge in [0.1, 0.15) is 5.00 Å². The van der Waals surface area contributed by atoms with E-state index in [4.69, 9.17) is 4.74 Å². The predicted molar refractivity (Wildman–Crippen MR) is 115 cm³/mol. The summed E-state index contributed by atoms with van der Waals surface area (Å²) >= 11 is 1.31. The lowest BCUT2D eigenvalue weighted by Crippen LogP contribution is -2.33. The third-order valence-corrected chi connectivity index (χ3v) is 5.58. The van der Waals surface area contributed by atoms with Crippen LogP contribution in [-0.2, 0) is 14.3 Å². The minimum Gasteiger partial charge on any atom is -0.452 e. The summed E-state index contributed by atoms with van der Waals surface area (Å²) in [7, 11) is 0. The van der Waals surface area contributed by atoms with Crippen molar-refractivity contribution in [1.82, 2.24) is 5.32 Å². The first-order valence-corrected chi connectivity index (χ1v) is 10.4. The van der Waals surface area contributed by atoms with Crippen molar-refractivity contribution in [2.45, 2.75) is 47.1 Å². The number of thiophene rings is 1. The fourth-order valence-electron chi connectivity index (χ4n) is 3.00. The van der Waals surface area contributed by atoms with E-state index in [9.17, 15) is 14.4 Å². The molecule has 1 aromatic heterocycles. The quantitative estimate of drug-likeness (QED) is 0.625. The molecule has 0 saturated heterocycles. The zero-order valence-electron chi connectivity index (χ0n) is 17.5. The maximum Gasteiger partial charge on any atom is 0.341 e. The van der Waals surface area contributed by atoms with Gasteiger partial charge in [0.05, 0.1) is 11.6 Å². The van der Waals surface area contributed by atoms with Crippen LogP contribution in [0, 0.1) is 19.8 Å². The van der Waals surface area contributed by atoms with Crippen molar-refractivity contribution in [3.05, 3.63) is 51.9 Å². The van der Waals surface area contributed by atoms with E-state index in [0.717, 1.165) is 22.4 Å². The molecule has 29 heavy (non-hydrogen) atoms. The third kappa shape index (κ3) is 6.42. The molecule has 0 aliphatic carbocycles. The van der Waals surface area contributed by atoms with Crippen LogP contribution in [0.25, 0.3) is 0 Å². The Morgan fingerprint density at radius 3 is 2.34 bits per heavy atom. The van der Waals surface area contributed by atoms with E-state index in [-0.39, 0.29) is 24.5 Å². The number of rotatable bonds is 8. The Morgan fingerprint density at radius 1 is 1.10 bits per heavy atom. The van der Waals surface area contributed by atoms with Crippen molar-refractivity contribution in [3.8, 4) is 0 Å². The van der Waals surface area contributed by atoms with Crippen molar-refractivity contribution in [1.29, 1.82) is 0 Å². The maximum absolute atomic E-state index is 12.6. The monoisotopic (exact) mass is 416 g/mol. The van der Waals surface area contributed by atoms with Crippen molar-refractivity contribution < 1.29 is 19.1 Å². The minimum atomic E-state index is -0.620. The molecule has 2 amide bonds. The van der Waals surface area contributed by atoms with Crippen LogP contribution < -0.4 is 10.6 Å². The summed E-state index contributed by atoms with van der Waals surface area (Å²) in [6.45, 7) is 8.84. The van der Waals surface area contributed by atoms with Gasteiger partial charge in [-0.25, -0.2) is 4.79 Å². The highest BCUT2D eigenvalue weighted by Crippen LogP contribution is 2.33. The zero-order valence-corrected chi connectivity index (χ0v) is 18.3. The number of anilines is 1. The van der Waals surface area contributed by atoms with Gasteiger partial charge in [0.25, 0.3) is 5.91 Å². The lowest BCUT2D eigenvalue weighted by Gasteiger charge is -2.21. The van der Waals surface area contributed by atoms with Crippen LogP contribution in [0.4, 0.5) is 5.00 Å².